The first kappa shape index (κ1) is 14.6. The Bertz CT molecular complexity index is 729. The number of amides is 1. The summed E-state index contributed by atoms with van der Waals surface area (Å²) in [6.45, 7) is 0. The second kappa shape index (κ2) is 5.57. The second-order valence-electron chi connectivity index (χ2n) is 6.92. The molecule has 4 rings (SSSR count). The molecule has 4 atom stereocenters. The van der Waals surface area contributed by atoms with Crippen LogP contribution in [0, 0.1) is 11.8 Å². The van der Waals surface area contributed by atoms with Crippen molar-refractivity contribution in [1.29, 1.82) is 0 Å². The molecule has 5 nitrogen and oxygen atoms in total. The number of benzene rings is 1. The van der Waals surface area contributed by atoms with Gasteiger partial charge in [0, 0.05) is 25.5 Å². The number of fused-ring (bicyclic) bond motifs is 2. The maximum absolute atomic E-state index is 12.9. The minimum atomic E-state index is -0.139. The van der Waals surface area contributed by atoms with Crippen LogP contribution >= 0.6 is 0 Å². The van der Waals surface area contributed by atoms with Crippen LogP contribution in [0.4, 0.5) is 0 Å². The number of aromatic nitrogens is 2. The maximum atomic E-state index is 12.9. The van der Waals surface area contributed by atoms with E-state index in [9.17, 15) is 9.90 Å². The average molecular weight is 311 g/mol. The highest BCUT2D eigenvalue weighted by Gasteiger charge is 2.43. The molecule has 1 aromatic heterocycles. The molecule has 0 saturated heterocycles. The quantitative estimate of drug-likeness (QED) is 0.924. The third kappa shape index (κ3) is 2.49. The summed E-state index contributed by atoms with van der Waals surface area (Å²) in [5, 5.41) is 9.77. The predicted molar refractivity (Wildman–Crippen MR) is 86.9 cm³/mol. The molecule has 0 aliphatic heterocycles. The number of nitrogens with zero attached hydrogens (tertiary/aromatic N) is 3. The average Bonchev–Trinajstić information content (AvgIpc) is 3.10. The van der Waals surface area contributed by atoms with Crippen LogP contribution in [0.2, 0.25) is 0 Å². The summed E-state index contributed by atoms with van der Waals surface area (Å²) >= 11 is 0. The number of carbonyl (C=O) groups excluding carboxylic acids is 1. The van der Waals surface area contributed by atoms with Gasteiger partial charge in [-0.25, -0.2) is 0 Å². The van der Waals surface area contributed by atoms with Crippen molar-refractivity contribution in [2.24, 2.45) is 11.8 Å². The highest BCUT2D eigenvalue weighted by Crippen LogP contribution is 2.45. The van der Waals surface area contributed by atoms with Crippen LogP contribution < -0.4 is 0 Å². The second-order valence-corrected chi connectivity index (χ2v) is 6.92. The molecule has 2 aliphatic rings. The first-order chi connectivity index (χ1) is 11.1. The number of hydrogen-bond acceptors (Lipinski definition) is 4. The number of hydrogen-bond donors (Lipinski definition) is 1. The number of rotatable bonds is 2. The van der Waals surface area contributed by atoms with E-state index < -0.39 is 0 Å². The molecule has 120 valence electrons. The monoisotopic (exact) mass is 311 g/mol. The minimum Gasteiger partial charge on any atom is -0.393 e. The van der Waals surface area contributed by atoms with E-state index in [1.54, 1.807) is 12.4 Å². The Hall–Kier alpha value is -2.01. The highest BCUT2D eigenvalue weighted by atomic mass is 16.3. The zero-order valence-corrected chi connectivity index (χ0v) is 13.2. The van der Waals surface area contributed by atoms with Gasteiger partial charge in [0.1, 0.15) is 5.52 Å². The van der Waals surface area contributed by atoms with Gasteiger partial charge in [-0.1, -0.05) is 6.07 Å². The molecule has 1 aromatic carbocycles. The van der Waals surface area contributed by atoms with Gasteiger partial charge in [-0.2, -0.15) is 0 Å². The number of aliphatic hydroxyl groups is 1. The van der Waals surface area contributed by atoms with Crippen molar-refractivity contribution in [3.8, 4) is 0 Å². The Morgan fingerprint density at radius 1 is 1.13 bits per heavy atom. The Balaban J connectivity index is 1.57. The van der Waals surface area contributed by atoms with Crippen molar-refractivity contribution < 1.29 is 9.90 Å². The fraction of sp³-hybridized carbons (Fsp3) is 0.500. The lowest BCUT2D eigenvalue weighted by atomic mass is 10.0. The largest absolute Gasteiger partial charge is 0.393 e. The Morgan fingerprint density at radius 2 is 1.83 bits per heavy atom. The lowest BCUT2D eigenvalue weighted by Gasteiger charge is -2.26. The number of carbonyl (C=O) groups is 1. The zero-order valence-electron chi connectivity index (χ0n) is 13.2. The van der Waals surface area contributed by atoms with Gasteiger partial charge in [0.05, 0.1) is 17.2 Å². The Morgan fingerprint density at radius 3 is 2.57 bits per heavy atom. The van der Waals surface area contributed by atoms with Crippen molar-refractivity contribution in [3.63, 3.8) is 0 Å². The van der Waals surface area contributed by atoms with E-state index in [2.05, 4.69) is 9.97 Å². The molecule has 2 saturated carbocycles. The van der Waals surface area contributed by atoms with E-state index >= 15 is 0 Å². The van der Waals surface area contributed by atoms with E-state index in [0.717, 1.165) is 31.2 Å². The van der Waals surface area contributed by atoms with Crippen LogP contribution in [0.1, 0.15) is 36.0 Å². The molecule has 2 aromatic rings. The molecule has 1 amide bonds. The van der Waals surface area contributed by atoms with E-state index in [0.29, 0.717) is 22.9 Å². The third-order valence-electron chi connectivity index (χ3n) is 5.56. The summed E-state index contributed by atoms with van der Waals surface area (Å²) in [5.41, 5.74) is 2.04. The van der Waals surface area contributed by atoms with Crippen molar-refractivity contribution in [2.75, 3.05) is 7.05 Å². The minimum absolute atomic E-state index is 0.0154. The maximum Gasteiger partial charge on any atom is 0.256 e. The van der Waals surface area contributed by atoms with Crippen molar-refractivity contribution in [3.05, 3.63) is 36.2 Å². The first-order valence-corrected chi connectivity index (χ1v) is 8.28. The SMILES string of the molecule is CN(C(=O)c1cccc2nccnc12)C1C[C@H]2CC(O)C[C@H]2C1. The summed E-state index contributed by atoms with van der Waals surface area (Å²) < 4.78 is 0. The lowest BCUT2D eigenvalue weighted by molar-refractivity contribution is 0.0724. The fourth-order valence-corrected chi connectivity index (χ4v) is 4.39. The van der Waals surface area contributed by atoms with Gasteiger partial charge in [0.15, 0.2) is 0 Å². The molecule has 1 N–H and O–H groups in total. The van der Waals surface area contributed by atoms with Crippen LogP contribution in [0.5, 0.6) is 0 Å². The fourth-order valence-electron chi connectivity index (χ4n) is 4.39. The smallest absolute Gasteiger partial charge is 0.256 e. The third-order valence-corrected chi connectivity index (χ3v) is 5.56. The molecule has 2 aliphatic carbocycles. The molecule has 2 unspecified atom stereocenters. The topological polar surface area (TPSA) is 66.3 Å². The van der Waals surface area contributed by atoms with E-state index in [4.69, 9.17) is 0 Å². The molecular weight excluding hydrogens is 290 g/mol. The van der Waals surface area contributed by atoms with E-state index in [1.807, 2.05) is 30.1 Å². The van der Waals surface area contributed by atoms with Gasteiger partial charge in [-0.3, -0.25) is 14.8 Å². The van der Waals surface area contributed by atoms with Crippen LogP contribution in [-0.4, -0.2) is 45.1 Å². The van der Waals surface area contributed by atoms with Crippen LogP contribution in [-0.2, 0) is 0 Å². The molecule has 0 spiro atoms. The van der Waals surface area contributed by atoms with Crippen LogP contribution in [0.25, 0.3) is 11.0 Å². The molecule has 23 heavy (non-hydrogen) atoms. The highest BCUT2D eigenvalue weighted by molar-refractivity contribution is 6.04. The lowest BCUT2D eigenvalue weighted by Crippen LogP contribution is -2.36. The van der Waals surface area contributed by atoms with Crippen LogP contribution in [0.3, 0.4) is 0 Å². The standard InChI is InChI=1S/C18H21N3O2/c1-21(13-7-11-9-14(22)10-12(11)8-13)18(23)15-3-2-4-16-17(15)20-6-5-19-16/h2-6,11-14,22H,7-10H2,1H3/t11-,12+,13?,14?. The first-order valence-electron chi connectivity index (χ1n) is 8.28. The van der Waals surface area contributed by atoms with Gasteiger partial charge in [0.2, 0.25) is 0 Å². The van der Waals surface area contributed by atoms with Crippen molar-refractivity contribution in [1.82, 2.24) is 14.9 Å². The van der Waals surface area contributed by atoms with Gasteiger partial charge in [0.25, 0.3) is 5.91 Å². The summed E-state index contributed by atoms with van der Waals surface area (Å²) in [5.74, 6) is 1.15. The van der Waals surface area contributed by atoms with Gasteiger partial charge in [-0.05, 0) is 49.7 Å². The molecule has 1 heterocycles. The molecule has 5 heteroatoms. The summed E-state index contributed by atoms with van der Waals surface area (Å²) in [7, 11) is 1.89. The molecule has 0 radical (unpaired) electrons. The number of aliphatic hydroxyl groups excluding tert-OH is 1. The molecular formula is C18H21N3O2. The Kier molecular flexibility index (Phi) is 3.53. The normalized spacial score (nSPS) is 29.7. The summed E-state index contributed by atoms with van der Waals surface area (Å²) in [6, 6.07) is 5.82. The van der Waals surface area contributed by atoms with Crippen molar-refractivity contribution >= 4 is 16.9 Å². The Labute approximate surface area is 135 Å². The predicted octanol–water partition coefficient (Wildman–Crippen LogP) is 2.25. The zero-order chi connectivity index (χ0) is 16.0. The van der Waals surface area contributed by atoms with Crippen LogP contribution in [0.15, 0.2) is 30.6 Å². The number of para-hydroxylation sites is 1. The molecule has 2 fully saturated rings. The van der Waals surface area contributed by atoms with Gasteiger partial charge >= 0.3 is 0 Å². The summed E-state index contributed by atoms with van der Waals surface area (Å²) in [4.78, 5) is 23.4. The van der Waals surface area contributed by atoms with E-state index in [1.165, 1.54) is 0 Å². The van der Waals surface area contributed by atoms with E-state index in [-0.39, 0.29) is 18.1 Å². The van der Waals surface area contributed by atoms with Crippen molar-refractivity contribution in [2.45, 2.75) is 37.8 Å². The van der Waals surface area contributed by atoms with Gasteiger partial charge < -0.3 is 10.0 Å². The molecule has 0 bridgehead atoms. The summed E-state index contributed by atoms with van der Waals surface area (Å²) in [6.07, 6.45) is 6.91. The van der Waals surface area contributed by atoms with Gasteiger partial charge in [-0.15, -0.1) is 0 Å².